The van der Waals surface area contributed by atoms with E-state index in [1.807, 2.05) is 0 Å². The average Bonchev–Trinajstić information content (AvgIpc) is 2.14. The van der Waals surface area contributed by atoms with Gasteiger partial charge in [0.25, 0.3) is 0 Å². The van der Waals surface area contributed by atoms with Crippen LogP contribution in [0.15, 0.2) is 0 Å². The Kier molecular flexibility index (Phi) is 6.69. The van der Waals surface area contributed by atoms with Crippen molar-refractivity contribution in [2.45, 2.75) is 18.9 Å². The third kappa shape index (κ3) is 6.38. The van der Waals surface area contributed by atoms with Crippen molar-refractivity contribution < 1.29 is 19.8 Å². The van der Waals surface area contributed by atoms with Crippen molar-refractivity contribution in [2.75, 3.05) is 20.1 Å². The highest BCUT2D eigenvalue weighted by molar-refractivity contribution is 5.76. The lowest BCUT2D eigenvalue weighted by Crippen LogP contribution is -2.31. The van der Waals surface area contributed by atoms with Crippen molar-refractivity contribution in [2.24, 2.45) is 0 Å². The first-order chi connectivity index (χ1) is 6.57. The number of nitrogens with one attached hydrogen (secondary N) is 2. The number of aliphatic hydroxyl groups excluding tert-OH is 1. The van der Waals surface area contributed by atoms with Gasteiger partial charge in [0, 0.05) is 25.9 Å². The van der Waals surface area contributed by atoms with Crippen molar-refractivity contribution in [3.05, 3.63) is 0 Å². The van der Waals surface area contributed by atoms with E-state index in [0.717, 1.165) is 0 Å². The molecule has 0 spiro atoms. The van der Waals surface area contributed by atoms with E-state index in [1.54, 1.807) is 7.05 Å². The van der Waals surface area contributed by atoms with E-state index in [2.05, 4.69) is 10.6 Å². The molecular formula is C8H16N2O4. The fourth-order valence-electron chi connectivity index (χ4n) is 0.799. The number of carbonyl (C=O) groups is 2. The molecule has 0 saturated heterocycles. The van der Waals surface area contributed by atoms with Crippen LogP contribution in [0.5, 0.6) is 0 Å². The second kappa shape index (κ2) is 7.28. The lowest BCUT2D eigenvalue weighted by atomic mass is 10.2. The predicted molar refractivity (Wildman–Crippen MR) is 49.8 cm³/mol. The highest BCUT2D eigenvalue weighted by atomic mass is 16.4. The summed E-state index contributed by atoms with van der Waals surface area (Å²) >= 11 is 0. The average molecular weight is 204 g/mol. The molecule has 0 aliphatic heterocycles. The summed E-state index contributed by atoms with van der Waals surface area (Å²) < 4.78 is 0. The summed E-state index contributed by atoms with van der Waals surface area (Å²) in [7, 11) is 1.74. The van der Waals surface area contributed by atoms with Crippen molar-refractivity contribution in [3.63, 3.8) is 0 Å². The first-order valence-electron chi connectivity index (χ1n) is 4.40. The molecule has 0 heterocycles. The van der Waals surface area contributed by atoms with E-state index >= 15 is 0 Å². The molecular weight excluding hydrogens is 188 g/mol. The minimum absolute atomic E-state index is 0.0284. The van der Waals surface area contributed by atoms with Gasteiger partial charge < -0.3 is 20.8 Å². The molecule has 82 valence electrons. The van der Waals surface area contributed by atoms with Crippen LogP contribution in [0.1, 0.15) is 12.8 Å². The first-order valence-corrected chi connectivity index (χ1v) is 4.40. The molecule has 4 N–H and O–H groups in total. The molecule has 0 aliphatic rings. The van der Waals surface area contributed by atoms with Crippen LogP contribution < -0.4 is 10.6 Å². The summed E-state index contributed by atoms with van der Waals surface area (Å²) in [5.74, 6) is -1.42. The second-order valence-electron chi connectivity index (χ2n) is 2.85. The van der Waals surface area contributed by atoms with Crippen molar-refractivity contribution in [1.82, 2.24) is 10.6 Å². The largest absolute Gasteiger partial charge is 0.479 e. The Morgan fingerprint density at radius 1 is 1.36 bits per heavy atom. The number of aliphatic hydroxyl groups is 1. The maximum atomic E-state index is 11.0. The third-order valence-corrected chi connectivity index (χ3v) is 1.63. The van der Waals surface area contributed by atoms with Crippen LogP contribution in [0.3, 0.4) is 0 Å². The zero-order valence-corrected chi connectivity index (χ0v) is 8.12. The Morgan fingerprint density at radius 3 is 2.50 bits per heavy atom. The fraction of sp³-hybridized carbons (Fsp3) is 0.750. The molecule has 0 fully saturated rings. The topological polar surface area (TPSA) is 98.7 Å². The summed E-state index contributed by atoms with van der Waals surface area (Å²) in [5.41, 5.74) is 0. The quantitative estimate of drug-likeness (QED) is 0.406. The van der Waals surface area contributed by atoms with Crippen LogP contribution in [0, 0.1) is 0 Å². The Hall–Kier alpha value is -1.14. The standard InChI is InChI=1S/C8H16N2O4/c1-9-4-3-7(12)10-5-2-6(11)8(13)14/h6,9,11H,2-5H2,1H3,(H,10,12)(H,13,14). The molecule has 0 rings (SSSR count). The van der Waals surface area contributed by atoms with Gasteiger partial charge in [0.15, 0.2) is 6.10 Å². The fourth-order valence-corrected chi connectivity index (χ4v) is 0.799. The summed E-state index contributed by atoms with van der Waals surface area (Å²) in [4.78, 5) is 21.1. The van der Waals surface area contributed by atoms with Crippen LogP contribution in [0.2, 0.25) is 0 Å². The molecule has 0 bridgehead atoms. The molecule has 6 nitrogen and oxygen atoms in total. The van der Waals surface area contributed by atoms with Crippen molar-refractivity contribution in [3.8, 4) is 0 Å². The molecule has 1 unspecified atom stereocenters. The number of aliphatic carboxylic acids is 1. The van der Waals surface area contributed by atoms with E-state index in [4.69, 9.17) is 10.2 Å². The SMILES string of the molecule is CNCCC(=O)NCCC(O)C(=O)O. The number of carbonyl (C=O) groups excluding carboxylic acids is 1. The molecule has 0 radical (unpaired) electrons. The minimum Gasteiger partial charge on any atom is -0.479 e. The van der Waals surface area contributed by atoms with Gasteiger partial charge in [-0.15, -0.1) is 0 Å². The van der Waals surface area contributed by atoms with Gasteiger partial charge in [-0.05, 0) is 7.05 Å². The smallest absolute Gasteiger partial charge is 0.332 e. The monoisotopic (exact) mass is 204 g/mol. The van der Waals surface area contributed by atoms with E-state index in [9.17, 15) is 9.59 Å². The molecule has 0 saturated carbocycles. The molecule has 1 amide bonds. The molecule has 0 aromatic carbocycles. The second-order valence-corrected chi connectivity index (χ2v) is 2.85. The Bertz CT molecular complexity index is 196. The lowest BCUT2D eigenvalue weighted by Gasteiger charge is -2.06. The van der Waals surface area contributed by atoms with Gasteiger partial charge in [0.2, 0.25) is 5.91 Å². The van der Waals surface area contributed by atoms with Gasteiger partial charge in [0.1, 0.15) is 0 Å². The molecule has 0 aromatic heterocycles. The molecule has 1 atom stereocenters. The van der Waals surface area contributed by atoms with Crippen molar-refractivity contribution >= 4 is 11.9 Å². The molecule has 6 heteroatoms. The van der Waals surface area contributed by atoms with E-state index in [-0.39, 0.29) is 18.9 Å². The number of hydrogen-bond acceptors (Lipinski definition) is 4. The van der Waals surface area contributed by atoms with Gasteiger partial charge in [-0.3, -0.25) is 4.79 Å². The summed E-state index contributed by atoms with van der Waals surface area (Å²) in [6.45, 7) is 0.753. The van der Waals surface area contributed by atoms with Crippen molar-refractivity contribution in [1.29, 1.82) is 0 Å². The molecule has 0 aliphatic carbocycles. The number of amides is 1. The molecule has 14 heavy (non-hydrogen) atoms. The van der Waals surface area contributed by atoms with Crippen LogP contribution >= 0.6 is 0 Å². The first kappa shape index (κ1) is 12.9. The predicted octanol–water partition coefficient (Wildman–Crippen LogP) is -1.45. The normalized spacial score (nSPS) is 12.1. The summed E-state index contributed by atoms with van der Waals surface area (Å²) in [6.07, 6.45) is -1.03. The van der Waals surface area contributed by atoms with Crippen LogP contribution in [-0.2, 0) is 9.59 Å². The lowest BCUT2D eigenvalue weighted by molar-refractivity contribution is -0.147. The van der Waals surface area contributed by atoms with Gasteiger partial charge in [-0.1, -0.05) is 0 Å². The van der Waals surface area contributed by atoms with E-state index in [1.165, 1.54) is 0 Å². The number of rotatable bonds is 7. The third-order valence-electron chi connectivity index (χ3n) is 1.63. The highest BCUT2D eigenvalue weighted by Crippen LogP contribution is 1.89. The number of hydrogen-bond donors (Lipinski definition) is 4. The van der Waals surface area contributed by atoms with Gasteiger partial charge in [0.05, 0.1) is 0 Å². The van der Waals surface area contributed by atoms with Crippen LogP contribution in [0.4, 0.5) is 0 Å². The van der Waals surface area contributed by atoms with Crippen LogP contribution in [0.25, 0.3) is 0 Å². The van der Waals surface area contributed by atoms with Gasteiger partial charge >= 0.3 is 5.97 Å². The zero-order valence-electron chi connectivity index (χ0n) is 8.12. The maximum Gasteiger partial charge on any atom is 0.332 e. The Morgan fingerprint density at radius 2 is 2.00 bits per heavy atom. The van der Waals surface area contributed by atoms with Gasteiger partial charge in [-0.2, -0.15) is 0 Å². The highest BCUT2D eigenvalue weighted by Gasteiger charge is 2.12. The Labute approximate surface area is 82.3 Å². The number of carboxylic acids is 1. The zero-order chi connectivity index (χ0) is 11.0. The summed E-state index contributed by atoms with van der Waals surface area (Å²) in [6, 6.07) is 0. The Balaban J connectivity index is 3.44. The summed E-state index contributed by atoms with van der Waals surface area (Å²) in [5, 5.41) is 22.5. The van der Waals surface area contributed by atoms with Crippen LogP contribution in [-0.4, -0.2) is 48.3 Å². The minimum atomic E-state index is -1.40. The van der Waals surface area contributed by atoms with E-state index < -0.39 is 12.1 Å². The molecule has 0 aromatic rings. The van der Waals surface area contributed by atoms with E-state index in [0.29, 0.717) is 13.0 Å². The van der Waals surface area contributed by atoms with Gasteiger partial charge in [-0.25, -0.2) is 4.79 Å². The maximum absolute atomic E-state index is 11.0. The number of carboxylic acid groups (broad SMARTS) is 1.